The lowest BCUT2D eigenvalue weighted by atomic mass is 10.0. The molecule has 1 N–H and O–H groups in total. The van der Waals surface area contributed by atoms with Crippen LogP contribution < -0.4 is 4.90 Å². The van der Waals surface area contributed by atoms with E-state index in [-0.39, 0.29) is 29.4 Å². The zero-order valence-corrected chi connectivity index (χ0v) is 15.8. The van der Waals surface area contributed by atoms with Gasteiger partial charge in [-0.05, 0) is 25.0 Å². The predicted octanol–water partition coefficient (Wildman–Crippen LogP) is 3.16. The highest BCUT2D eigenvalue weighted by molar-refractivity contribution is 6.29. The Hall–Kier alpha value is -2.94. The van der Waals surface area contributed by atoms with Crippen LogP contribution >= 0.6 is 11.6 Å². The van der Waals surface area contributed by atoms with E-state index >= 15 is 0 Å². The van der Waals surface area contributed by atoms with Crippen molar-refractivity contribution in [1.29, 1.82) is 0 Å². The topological polar surface area (TPSA) is 86.9 Å². The van der Waals surface area contributed by atoms with Crippen molar-refractivity contribution in [2.24, 2.45) is 0 Å². The Morgan fingerprint density at radius 2 is 2.21 bits per heavy atom. The summed E-state index contributed by atoms with van der Waals surface area (Å²) in [6.45, 7) is 0.749. The molecule has 10 heteroatoms. The van der Waals surface area contributed by atoms with Gasteiger partial charge in [0.1, 0.15) is 0 Å². The Morgan fingerprint density at radius 1 is 1.39 bits per heavy atom. The molecule has 146 valence electrons. The molecular weight excluding hydrogens is 387 g/mol. The van der Waals surface area contributed by atoms with E-state index in [0.29, 0.717) is 18.5 Å². The van der Waals surface area contributed by atoms with Gasteiger partial charge in [0.15, 0.2) is 16.8 Å². The molecule has 0 aromatic carbocycles. The van der Waals surface area contributed by atoms with Gasteiger partial charge in [0.25, 0.3) is 0 Å². The third-order valence-electron chi connectivity index (χ3n) is 5.01. The third kappa shape index (κ3) is 3.22. The molecule has 8 nitrogen and oxygen atoms in total. The first-order chi connectivity index (χ1) is 13.5. The maximum atomic E-state index is 14.7. The fourth-order valence-corrected chi connectivity index (χ4v) is 3.65. The largest absolute Gasteiger partial charge is 0.465 e. The van der Waals surface area contributed by atoms with Gasteiger partial charge < -0.3 is 14.9 Å². The van der Waals surface area contributed by atoms with Crippen molar-refractivity contribution in [3.05, 3.63) is 41.6 Å². The summed E-state index contributed by atoms with van der Waals surface area (Å²) in [4.78, 5) is 22.8. The number of halogens is 2. The standard InChI is InChI=1S/C18H18ClFN6O2/c1-24(11-5-4-7-25(10-11)18(27)28)17-14(20)15(19)22-16(23-17)12-9-21-26-8-3-2-6-13(12)26/h2-3,6,8-9,11H,4-5,7,10H2,1H3,(H,27,28)/t11-/m1/s1. The number of rotatable bonds is 3. The SMILES string of the molecule is CN(c1nc(-c2cnn3ccccc23)nc(Cl)c1F)[C@@H]1CCCN(C(=O)O)C1. The van der Waals surface area contributed by atoms with Gasteiger partial charge in [-0.15, -0.1) is 0 Å². The highest BCUT2D eigenvalue weighted by Crippen LogP contribution is 2.30. The number of pyridine rings is 1. The molecule has 1 amide bonds. The van der Waals surface area contributed by atoms with Crippen LogP contribution in [0.2, 0.25) is 5.15 Å². The van der Waals surface area contributed by atoms with E-state index in [1.54, 1.807) is 28.9 Å². The van der Waals surface area contributed by atoms with E-state index in [2.05, 4.69) is 15.1 Å². The van der Waals surface area contributed by atoms with E-state index in [0.717, 1.165) is 11.9 Å². The fraction of sp³-hybridized carbons (Fsp3) is 0.333. The van der Waals surface area contributed by atoms with Crippen LogP contribution in [-0.2, 0) is 0 Å². The highest BCUT2D eigenvalue weighted by atomic mass is 35.5. The minimum atomic E-state index is -0.980. The molecule has 1 fully saturated rings. The lowest BCUT2D eigenvalue weighted by Crippen LogP contribution is -2.48. The Balaban J connectivity index is 1.72. The summed E-state index contributed by atoms with van der Waals surface area (Å²) >= 11 is 6.06. The van der Waals surface area contributed by atoms with Crippen LogP contribution in [0.5, 0.6) is 0 Å². The van der Waals surface area contributed by atoms with Crippen LogP contribution in [0.1, 0.15) is 12.8 Å². The lowest BCUT2D eigenvalue weighted by Gasteiger charge is -2.37. The molecule has 0 radical (unpaired) electrons. The summed E-state index contributed by atoms with van der Waals surface area (Å²) in [5.74, 6) is -0.417. The van der Waals surface area contributed by atoms with Crippen LogP contribution in [-0.4, -0.2) is 61.9 Å². The average Bonchev–Trinajstić information content (AvgIpc) is 3.13. The number of aromatic nitrogens is 4. The number of carboxylic acid groups (broad SMARTS) is 1. The van der Waals surface area contributed by atoms with Crippen molar-refractivity contribution in [3.63, 3.8) is 0 Å². The van der Waals surface area contributed by atoms with Gasteiger partial charge >= 0.3 is 6.09 Å². The molecule has 28 heavy (non-hydrogen) atoms. The number of hydrogen-bond acceptors (Lipinski definition) is 5. The normalized spacial score (nSPS) is 17.1. The number of amides is 1. The summed E-state index contributed by atoms with van der Waals surface area (Å²) < 4.78 is 16.4. The Morgan fingerprint density at radius 3 is 3.00 bits per heavy atom. The molecule has 1 aliphatic heterocycles. The average molecular weight is 405 g/mol. The summed E-state index contributed by atoms with van der Waals surface area (Å²) in [7, 11) is 1.69. The van der Waals surface area contributed by atoms with Gasteiger partial charge in [-0.2, -0.15) is 9.49 Å². The maximum Gasteiger partial charge on any atom is 0.407 e. The number of nitrogens with zero attached hydrogens (tertiary/aromatic N) is 6. The van der Waals surface area contributed by atoms with Crippen molar-refractivity contribution in [2.45, 2.75) is 18.9 Å². The fourth-order valence-electron chi connectivity index (χ4n) is 3.49. The first-order valence-electron chi connectivity index (χ1n) is 8.82. The van der Waals surface area contributed by atoms with Crippen molar-refractivity contribution in [3.8, 4) is 11.4 Å². The molecule has 0 spiro atoms. The van der Waals surface area contributed by atoms with Crippen LogP contribution in [0.25, 0.3) is 16.9 Å². The number of piperidine rings is 1. The quantitative estimate of drug-likeness (QED) is 0.675. The van der Waals surface area contributed by atoms with Gasteiger partial charge in [-0.3, -0.25) is 0 Å². The Labute approximate surface area is 165 Å². The molecule has 0 aliphatic carbocycles. The monoisotopic (exact) mass is 404 g/mol. The van der Waals surface area contributed by atoms with Crippen LogP contribution in [0.15, 0.2) is 30.6 Å². The van der Waals surface area contributed by atoms with Gasteiger partial charge in [0.05, 0.1) is 17.3 Å². The van der Waals surface area contributed by atoms with E-state index in [9.17, 15) is 14.3 Å². The van der Waals surface area contributed by atoms with E-state index in [1.807, 2.05) is 18.2 Å². The van der Waals surface area contributed by atoms with Crippen molar-refractivity contribution in [2.75, 3.05) is 25.0 Å². The van der Waals surface area contributed by atoms with Crippen molar-refractivity contribution < 1.29 is 14.3 Å². The molecule has 0 saturated carbocycles. The molecule has 4 rings (SSSR count). The first-order valence-corrected chi connectivity index (χ1v) is 9.20. The highest BCUT2D eigenvalue weighted by Gasteiger charge is 2.29. The summed E-state index contributed by atoms with van der Waals surface area (Å²) in [5, 5.41) is 13.2. The third-order valence-corrected chi connectivity index (χ3v) is 5.26. The molecule has 1 saturated heterocycles. The van der Waals surface area contributed by atoms with Gasteiger partial charge in [-0.1, -0.05) is 17.7 Å². The Bertz CT molecular complexity index is 1040. The molecule has 0 unspecified atom stereocenters. The number of fused-ring (bicyclic) bond motifs is 1. The second kappa shape index (κ2) is 7.23. The zero-order valence-electron chi connectivity index (χ0n) is 15.1. The molecule has 3 aromatic rings. The smallest absolute Gasteiger partial charge is 0.407 e. The second-order valence-corrected chi connectivity index (χ2v) is 7.06. The zero-order chi connectivity index (χ0) is 19.8. The summed E-state index contributed by atoms with van der Waals surface area (Å²) in [5.41, 5.74) is 1.40. The van der Waals surface area contributed by atoms with Gasteiger partial charge in [-0.25, -0.2) is 19.3 Å². The molecule has 4 heterocycles. The van der Waals surface area contributed by atoms with Crippen molar-refractivity contribution >= 4 is 29.0 Å². The predicted molar refractivity (Wildman–Crippen MR) is 102 cm³/mol. The van der Waals surface area contributed by atoms with Crippen LogP contribution in [0.3, 0.4) is 0 Å². The number of hydrogen-bond donors (Lipinski definition) is 1. The number of likely N-dealkylation sites (tertiary alicyclic amines) is 1. The van der Waals surface area contributed by atoms with E-state index in [1.165, 1.54) is 4.90 Å². The van der Waals surface area contributed by atoms with Gasteiger partial charge in [0, 0.05) is 32.4 Å². The lowest BCUT2D eigenvalue weighted by molar-refractivity contribution is 0.130. The van der Waals surface area contributed by atoms with Gasteiger partial charge in [0.2, 0.25) is 5.82 Å². The number of carbonyl (C=O) groups is 1. The number of likely N-dealkylation sites (N-methyl/N-ethyl adjacent to an activating group) is 1. The minimum absolute atomic E-state index is 0.0440. The second-order valence-electron chi connectivity index (χ2n) is 6.70. The minimum Gasteiger partial charge on any atom is -0.465 e. The molecule has 1 aliphatic rings. The van der Waals surface area contributed by atoms with Crippen LogP contribution in [0, 0.1) is 5.82 Å². The Kier molecular flexibility index (Phi) is 4.76. The van der Waals surface area contributed by atoms with E-state index < -0.39 is 11.9 Å². The van der Waals surface area contributed by atoms with E-state index in [4.69, 9.17) is 11.6 Å². The van der Waals surface area contributed by atoms with Crippen LogP contribution in [0.4, 0.5) is 15.0 Å². The molecule has 1 atom stereocenters. The first kappa shape index (κ1) is 18.4. The molecular formula is C18H18ClFN6O2. The molecule has 0 bridgehead atoms. The summed E-state index contributed by atoms with van der Waals surface area (Å²) in [6.07, 6.45) is 3.84. The molecule has 3 aromatic heterocycles. The number of anilines is 1. The maximum absolute atomic E-state index is 14.7. The summed E-state index contributed by atoms with van der Waals surface area (Å²) in [6, 6.07) is 5.36. The van der Waals surface area contributed by atoms with Crippen molar-refractivity contribution in [1.82, 2.24) is 24.5 Å².